The number of amides is 1. The van der Waals surface area contributed by atoms with Crippen molar-refractivity contribution >= 4 is 11.6 Å². The summed E-state index contributed by atoms with van der Waals surface area (Å²) >= 11 is 0. The lowest BCUT2D eigenvalue weighted by Crippen LogP contribution is -2.44. The van der Waals surface area contributed by atoms with Gasteiger partial charge in [-0.1, -0.05) is 17.7 Å². The zero-order valence-corrected chi connectivity index (χ0v) is 24.5. The Morgan fingerprint density at radius 1 is 1.05 bits per heavy atom. The lowest BCUT2D eigenvalue weighted by atomic mass is 9.97. The first-order chi connectivity index (χ1) is 19.6. The molecule has 3 aromatic rings. The van der Waals surface area contributed by atoms with Gasteiger partial charge in [0, 0.05) is 31.3 Å². The molecule has 0 saturated heterocycles. The van der Waals surface area contributed by atoms with E-state index in [1.165, 1.54) is 7.11 Å². The first-order valence-corrected chi connectivity index (χ1v) is 13.5. The fourth-order valence-corrected chi connectivity index (χ4v) is 5.14. The zero-order chi connectivity index (χ0) is 29.8. The maximum absolute atomic E-state index is 14.0. The number of aryl methyl sites for hydroxylation is 4. The minimum atomic E-state index is -0.585. The Bertz CT molecular complexity index is 1630. The number of nitrogens with two attached hydrogens (primary N) is 2. The molecule has 0 bridgehead atoms. The van der Waals surface area contributed by atoms with Gasteiger partial charge in [-0.05, 0) is 62.9 Å². The predicted molar refractivity (Wildman–Crippen MR) is 157 cm³/mol. The van der Waals surface area contributed by atoms with Crippen LogP contribution in [0.3, 0.4) is 0 Å². The number of aromatic nitrogens is 2. The highest BCUT2D eigenvalue weighted by Crippen LogP contribution is 2.37. The molecule has 0 unspecified atom stereocenters. The highest BCUT2D eigenvalue weighted by atomic mass is 16.5. The Balaban J connectivity index is 1.87. The zero-order valence-electron chi connectivity index (χ0n) is 24.5. The number of fused-ring (bicyclic) bond motifs is 3. The van der Waals surface area contributed by atoms with Crippen molar-refractivity contribution in [3.8, 4) is 22.8 Å². The van der Waals surface area contributed by atoms with Crippen LogP contribution < -0.4 is 37.4 Å². The topological polar surface area (TPSA) is 148 Å². The molecule has 1 aromatic heterocycles. The van der Waals surface area contributed by atoms with Crippen molar-refractivity contribution in [2.75, 3.05) is 27.4 Å². The number of benzene rings is 2. The number of nitrogens with zero attached hydrogens (tertiary/aromatic N) is 3. The maximum Gasteiger partial charge on any atom is 0.330 e. The van der Waals surface area contributed by atoms with E-state index in [0.717, 1.165) is 39.2 Å². The third-order valence-corrected chi connectivity index (χ3v) is 7.08. The molecule has 0 spiro atoms. The Kier molecular flexibility index (Phi) is 8.75. The molecule has 5 N–H and O–H groups in total. The number of hydrogen-bond acceptors (Lipinski definition) is 8. The molecule has 1 aliphatic rings. The summed E-state index contributed by atoms with van der Waals surface area (Å²) in [5, 5.41) is 2.70. The van der Waals surface area contributed by atoms with Gasteiger partial charge in [-0.3, -0.25) is 13.9 Å². The summed E-state index contributed by atoms with van der Waals surface area (Å²) in [6.07, 6.45) is 0.646. The smallest absolute Gasteiger partial charge is 0.330 e. The number of methoxy groups -OCH3 is 2. The van der Waals surface area contributed by atoms with Gasteiger partial charge in [0.2, 0.25) is 5.88 Å². The molecule has 11 nitrogen and oxygen atoms in total. The second-order valence-corrected chi connectivity index (χ2v) is 9.91. The number of ether oxygens (including phenoxy) is 3. The van der Waals surface area contributed by atoms with Crippen LogP contribution in [-0.4, -0.2) is 42.4 Å². The van der Waals surface area contributed by atoms with Crippen LogP contribution in [0.15, 0.2) is 51.7 Å². The van der Waals surface area contributed by atoms with Crippen molar-refractivity contribution in [3.63, 3.8) is 0 Å². The van der Waals surface area contributed by atoms with Gasteiger partial charge in [0.1, 0.15) is 5.49 Å². The Morgan fingerprint density at radius 2 is 1.76 bits per heavy atom. The van der Waals surface area contributed by atoms with Crippen LogP contribution >= 0.6 is 0 Å². The van der Waals surface area contributed by atoms with E-state index < -0.39 is 5.91 Å². The van der Waals surface area contributed by atoms with Crippen LogP contribution in [0.25, 0.3) is 11.3 Å². The fraction of sp³-hybridized carbons (Fsp3) is 0.367. The monoisotopic (exact) mass is 562 g/mol. The minimum absolute atomic E-state index is 0.117. The van der Waals surface area contributed by atoms with Crippen molar-refractivity contribution < 1.29 is 19.0 Å². The van der Waals surface area contributed by atoms with Gasteiger partial charge in [-0.15, -0.1) is 0 Å². The van der Waals surface area contributed by atoms with Crippen LogP contribution in [0.1, 0.15) is 29.2 Å². The van der Waals surface area contributed by atoms with E-state index >= 15 is 0 Å². The van der Waals surface area contributed by atoms with Gasteiger partial charge in [-0.2, -0.15) is 0 Å². The molecule has 11 heteroatoms. The van der Waals surface area contributed by atoms with Crippen LogP contribution in [-0.2, 0) is 29.0 Å². The lowest BCUT2D eigenvalue weighted by molar-refractivity contribution is -0.117. The quantitative estimate of drug-likeness (QED) is 0.268. The number of nitrogens with one attached hydrogen (secondary N) is 1. The van der Waals surface area contributed by atoms with Crippen LogP contribution in [0.2, 0.25) is 0 Å². The highest BCUT2D eigenvalue weighted by molar-refractivity contribution is 5.92. The van der Waals surface area contributed by atoms with E-state index in [1.54, 1.807) is 16.2 Å². The third kappa shape index (κ3) is 5.93. The van der Waals surface area contributed by atoms with E-state index in [1.807, 2.05) is 45.9 Å². The molecule has 0 radical (unpaired) electrons. The second-order valence-electron chi connectivity index (χ2n) is 9.91. The summed E-state index contributed by atoms with van der Waals surface area (Å²) in [7, 11) is 2.92. The minimum Gasteiger partial charge on any atom is -0.493 e. The molecule has 4 rings (SSSR count). The van der Waals surface area contributed by atoms with Crippen LogP contribution in [0, 0.1) is 20.8 Å². The average Bonchev–Trinajstić information content (AvgIpc) is 2.94. The van der Waals surface area contributed by atoms with Gasteiger partial charge >= 0.3 is 5.69 Å². The van der Waals surface area contributed by atoms with E-state index in [-0.39, 0.29) is 30.4 Å². The summed E-state index contributed by atoms with van der Waals surface area (Å²) in [5.41, 5.74) is 18.0. The number of hydrogen-bond donors (Lipinski definition) is 3. The van der Waals surface area contributed by atoms with Crippen molar-refractivity contribution in [1.29, 1.82) is 0 Å². The van der Waals surface area contributed by atoms with Crippen LogP contribution in [0.5, 0.6) is 11.5 Å². The van der Waals surface area contributed by atoms with Gasteiger partial charge in [-0.25, -0.2) is 9.79 Å². The van der Waals surface area contributed by atoms with Crippen molar-refractivity contribution in [1.82, 2.24) is 14.5 Å². The SMILES string of the molecule is CCOc1cc2c(cc1OC)-c1c/c(=N\c3c(C)cc(C)cc3C)n(CCNC(=O)/C(N)=C(/N)OC)c(=O)n1CC2. The summed E-state index contributed by atoms with van der Waals surface area (Å²) in [6, 6.07) is 9.93. The van der Waals surface area contributed by atoms with Crippen LogP contribution in [0.4, 0.5) is 5.69 Å². The van der Waals surface area contributed by atoms with Crippen molar-refractivity contribution in [3.05, 3.63) is 80.1 Å². The van der Waals surface area contributed by atoms with Gasteiger partial charge in [0.25, 0.3) is 5.91 Å². The van der Waals surface area contributed by atoms with E-state index in [0.29, 0.717) is 36.6 Å². The maximum atomic E-state index is 14.0. The number of rotatable bonds is 9. The molecule has 2 aromatic carbocycles. The van der Waals surface area contributed by atoms with Crippen molar-refractivity contribution in [2.45, 2.75) is 47.2 Å². The molecule has 1 amide bonds. The lowest BCUT2D eigenvalue weighted by Gasteiger charge is -2.25. The average molecular weight is 563 g/mol. The first kappa shape index (κ1) is 29.3. The molecule has 0 saturated carbocycles. The first-order valence-electron chi connectivity index (χ1n) is 13.5. The highest BCUT2D eigenvalue weighted by Gasteiger charge is 2.23. The van der Waals surface area contributed by atoms with Gasteiger partial charge in [0.05, 0.1) is 32.2 Å². The second kappa shape index (κ2) is 12.2. The molecular formula is C30H38N6O5. The van der Waals surface area contributed by atoms with E-state index in [4.69, 9.17) is 30.7 Å². The van der Waals surface area contributed by atoms with Crippen molar-refractivity contribution in [2.24, 2.45) is 16.5 Å². The molecule has 2 heterocycles. The molecule has 0 fully saturated rings. The Hall–Kier alpha value is -4.67. The largest absolute Gasteiger partial charge is 0.493 e. The fourth-order valence-electron chi connectivity index (χ4n) is 5.14. The summed E-state index contributed by atoms with van der Waals surface area (Å²) < 4.78 is 19.5. The van der Waals surface area contributed by atoms with Gasteiger partial charge in [0.15, 0.2) is 17.2 Å². The molecular weight excluding hydrogens is 524 g/mol. The number of carbonyl (C=O) groups excluding carboxylic acids is 1. The molecule has 41 heavy (non-hydrogen) atoms. The predicted octanol–water partition coefficient (Wildman–Crippen LogP) is 2.29. The Morgan fingerprint density at radius 3 is 2.39 bits per heavy atom. The normalized spacial score (nSPS) is 13.2. The molecule has 218 valence electrons. The third-order valence-electron chi connectivity index (χ3n) is 7.08. The standard InChI is InChI=1S/C30H38N6O5/c1-7-41-24-14-20-8-10-35-22(21(20)15-23(24)39-5)16-25(34-27-18(3)12-17(2)13-19(27)4)36(30(35)38)11-9-33-29(37)26(31)28(32)40-6/h12-16H,7-11,31-32H2,1-6H3,(H,33,37)/b28-26+,34-25+. The van der Waals surface area contributed by atoms with E-state index in [2.05, 4.69) is 17.4 Å². The summed E-state index contributed by atoms with van der Waals surface area (Å²) in [4.78, 5) is 31.4. The molecule has 0 atom stereocenters. The number of carbonyl (C=O) groups is 1. The van der Waals surface area contributed by atoms with Gasteiger partial charge < -0.3 is 31.0 Å². The summed E-state index contributed by atoms with van der Waals surface area (Å²) in [5.74, 6) is 0.504. The Labute approximate surface area is 239 Å². The van der Waals surface area contributed by atoms with E-state index in [9.17, 15) is 9.59 Å². The molecule has 0 aliphatic carbocycles. The molecule has 1 aliphatic heterocycles. The summed E-state index contributed by atoms with van der Waals surface area (Å²) in [6.45, 7) is 9.23.